The SMILES string of the molecule is Cc1ccc(CN(C)C[C@@H]2CCOC2)cc1C. The zero-order chi connectivity index (χ0) is 12.3. The Labute approximate surface area is 105 Å². The normalized spacial score (nSPS) is 20.1. The lowest BCUT2D eigenvalue weighted by Crippen LogP contribution is -2.25. The highest BCUT2D eigenvalue weighted by molar-refractivity contribution is 5.29. The quantitative estimate of drug-likeness (QED) is 0.793. The van der Waals surface area contributed by atoms with Gasteiger partial charge < -0.3 is 9.64 Å². The summed E-state index contributed by atoms with van der Waals surface area (Å²) in [6.07, 6.45) is 1.22. The third kappa shape index (κ3) is 3.55. The second kappa shape index (κ2) is 5.65. The van der Waals surface area contributed by atoms with E-state index >= 15 is 0 Å². The van der Waals surface area contributed by atoms with Gasteiger partial charge in [-0.1, -0.05) is 18.2 Å². The van der Waals surface area contributed by atoms with Crippen LogP contribution in [0.4, 0.5) is 0 Å². The number of ether oxygens (including phenoxy) is 1. The maximum absolute atomic E-state index is 5.42. The molecule has 0 spiro atoms. The van der Waals surface area contributed by atoms with Gasteiger partial charge in [-0.05, 0) is 49.9 Å². The molecule has 0 aromatic heterocycles. The summed E-state index contributed by atoms with van der Waals surface area (Å²) in [5.74, 6) is 0.728. The first-order valence-corrected chi connectivity index (χ1v) is 6.47. The van der Waals surface area contributed by atoms with Crippen LogP contribution in [0, 0.1) is 19.8 Å². The van der Waals surface area contributed by atoms with Gasteiger partial charge in [0, 0.05) is 19.7 Å². The molecule has 1 saturated heterocycles. The van der Waals surface area contributed by atoms with Crippen LogP contribution in [0.2, 0.25) is 0 Å². The van der Waals surface area contributed by atoms with Crippen molar-refractivity contribution in [3.05, 3.63) is 34.9 Å². The molecule has 2 nitrogen and oxygen atoms in total. The molecular formula is C15H23NO. The van der Waals surface area contributed by atoms with E-state index in [1.807, 2.05) is 0 Å². The van der Waals surface area contributed by atoms with Crippen LogP contribution in [0.3, 0.4) is 0 Å². The summed E-state index contributed by atoms with van der Waals surface area (Å²) in [7, 11) is 2.20. The van der Waals surface area contributed by atoms with Crippen molar-refractivity contribution in [2.75, 3.05) is 26.8 Å². The highest BCUT2D eigenvalue weighted by Crippen LogP contribution is 2.16. The highest BCUT2D eigenvalue weighted by Gasteiger charge is 2.17. The van der Waals surface area contributed by atoms with Gasteiger partial charge in [-0.3, -0.25) is 0 Å². The van der Waals surface area contributed by atoms with Crippen molar-refractivity contribution in [3.63, 3.8) is 0 Å². The largest absolute Gasteiger partial charge is 0.381 e. The van der Waals surface area contributed by atoms with Crippen LogP contribution in [-0.4, -0.2) is 31.7 Å². The lowest BCUT2D eigenvalue weighted by atomic mass is 10.1. The molecule has 0 aliphatic carbocycles. The van der Waals surface area contributed by atoms with E-state index < -0.39 is 0 Å². The van der Waals surface area contributed by atoms with Crippen molar-refractivity contribution in [1.29, 1.82) is 0 Å². The summed E-state index contributed by atoms with van der Waals surface area (Å²) in [6, 6.07) is 6.76. The molecule has 0 unspecified atom stereocenters. The Bertz CT molecular complexity index is 369. The van der Waals surface area contributed by atoms with Gasteiger partial charge in [0.15, 0.2) is 0 Å². The van der Waals surface area contributed by atoms with Crippen LogP contribution < -0.4 is 0 Å². The van der Waals surface area contributed by atoms with E-state index in [0.29, 0.717) is 0 Å². The minimum Gasteiger partial charge on any atom is -0.381 e. The first kappa shape index (κ1) is 12.6. The third-order valence-corrected chi connectivity index (χ3v) is 3.62. The maximum atomic E-state index is 5.42. The van der Waals surface area contributed by atoms with E-state index in [-0.39, 0.29) is 0 Å². The fraction of sp³-hybridized carbons (Fsp3) is 0.600. The molecule has 2 rings (SSSR count). The van der Waals surface area contributed by atoms with Crippen LogP contribution >= 0.6 is 0 Å². The van der Waals surface area contributed by atoms with Crippen LogP contribution in [-0.2, 0) is 11.3 Å². The fourth-order valence-electron chi connectivity index (χ4n) is 2.45. The van der Waals surface area contributed by atoms with E-state index in [9.17, 15) is 0 Å². The van der Waals surface area contributed by atoms with Crippen LogP contribution in [0.15, 0.2) is 18.2 Å². The van der Waals surface area contributed by atoms with Crippen molar-refractivity contribution >= 4 is 0 Å². The average molecular weight is 233 g/mol. The summed E-state index contributed by atoms with van der Waals surface area (Å²) in [5.41, 5.74) is 4.18. The number of nitrogens with zero attached hydrogens (tertiary/aromatic N) is 1. The molecule has 1 heterocycles. The summed E-state index contributed by atoms with van der Waals surface area (Å²) < 4.78 is 5.42. The molecule has 1 atom stereocenters. The molecule has 2 heteroatoms. The van der Waals surface area contributed by atoms with Gasteiger partial charge >= 0.3 is 0 Å². The Kier molecular flexibility index (Phi) is 4.19. The Morgan fingerprint density at radius 1 is 1.29 bits per heavy atom. The smallest absolute Gasteiger partial charge is 0.0507 e. The molecule has 1 aliphatic heterocycles. The van der Waals surface area contributed by atoms with Gasteiger partial charge in [-0.2, -0.15) is 0 Å². The molecule has 17 heavy (non-hydrogen) atoms. The molecule has 0 radical (unpaired) electrons. The van der Waals surface area contributed by atoms with E-state index in [0.717, 1.165) is 32.2 Å². The minimum absolute atomic E-state index is 0.728. The molecule has 0 N–H and O–H groups in total. The van der Waals surface area contributed by atoms with E-state index in [4.69, 9.17) is 4.74 Å². The van der Waals surface area contributed by atoms with Gasteiger partial charge in [0.1, 0.15) is 0 Å². The predicted octanol–water partition coefficient (Wildman–Crippen LogP) is 2.77. The van der Waals surface area contributed by atoms with Crippen LogP contribution in [0.1, 0.15) is 23.1 Å². The lowest BCUT2D eigenvalue weighted by molar-refractivity contribution is 0.173. The van der Waals surface area contributed by atoms with Gasteiger partial charge in [0.05, 0.1) is 6.61 Å². The third-order valence-electron chi connectivity index (χ3n) is 3.62. The summed E-state index contributed by atoms with van der Waals surface area (Å²) >= 11 is 0. The number of hydrogen-bond donors (Lipinski definition) is 0. The summed E-state index contributed by atoms with van der Waals surface area (Å²) in [5, 5.41) is 0. The zero-order valence-electron chi connectivity index (χ0n) is 11.2. The zero-order valence-corrected chi connectivity index (χ0v) is 11.2. The number of hydrogen-bond acceptors (Lipinski definition) is 2. The molecule has 1 fully saturated rings. The second-order valence-corrected chi connectivity index (χ2v) is 5.34. The molecule has 94 valence electrons. The molecule has 1 aromatic carbocycles. The number of rotatable bonds is 4. The minimum atomic E-state index is 0.728. The average Bonchev–Trinajstić information content (AvgIpc) is 2.76. The van der Waals surface area contributed by atoms with Gasteiger partial charge in [-0.25, -0.2) is 0 Å². The fourth-order valence-corrected chi connectivity index (χ4v) is 2.45. The predicted molar refractivity (Wildman–Crippen MR) is 71.2 cm³/mol. The molecule has 1 aromatic rings. The first-order valence-electron chi connectivity index (χ1n) is 6.47. The molecular weight excluding hydrogens is 210 g/mol. The Balaban J connectivity index is 1.88. The van der Waals surface area contributed by atoms with Crippen molar-refractivity contribution < 1.29 is 4.74 Å². The van der Waals surface area contributed by atoms with Gasteiger partial charge in [-0.15, -0.1) is 0 Å². The molecule has 0 bridgehead atoms. The monoisotopic (exact) mass is 233 g/mol. The van der Waals surface area contributed by atoms with Crippen LogP contribution in [0.25, 0.3) is 0 Å². The Morgan fingerprint density at radius 3 is 2.76 bits per heavy atom. The van der Waals surface area contributed by atoms with E-state index in [1.165, 1.54) is 23.1 Å². The van der Waals surface area contributed by atoms with Crippen molar-refractivity contribution in [2.45, 2.75) is 26.8 Å². The molecule has 1 aliphatic rings. The van der Waals surface area contributed by atoms with Crippen molar-refractivity contribution in [3.8, 4) is 0 Å². The van der Waals surface area contributed by atoms with Crippen LogP contribution in [0.5, 0.6) is 0 Å². The molecule has 0 amide bonds. The first-order chi connectivity index (χ1) is 8.15. The van der Waals surface area contributed by atoms with Crippen molar-refractivity contribution in [1.82, 2.24) is 4.90 Å². The second-order valence-electron chi connectivity index (χ2n) is 5.34. The van der Waals surface area contributed by atoms with E-state index in [1.54, 1.807) is 0 Å². The number of benzene rings is 1. The lowest BCUT2D eigenvalue weighted by Gasteiger charge is -2.20. The Hall–Kier alpha value is -0.860. The maximum Gasteiger partial charge on any atom is 0.0507 e. The molecule has 0 saturated carbocycles. The van der Waals surface area contributed by atoms with E-state index in [2.05, 4.69) is 44.0 Å². The van der Waals surface area contributed by atoms with Gasteiger partial charge in [0.2, 0.25) is 0 Å². The van der Waals surface area contributed by atoms with Gasteiger partial charge in [0.25, 0.3) is 0 Å². The Morgan fingerprint density at radius 2 is 2.12 bits per heavy atom. The topological polar surface area (TPSA) is 12.5 Å². The standard InChI is InChI=1S/C15H23NO/c1-12-4-5-14(8-13(12)2)9-16(3)10-15-6-7-17-11-15/h4-5,8,15H,6-7,9-11H2,1-3H3/t15-/m0/s1. The summed E-state index contributed by atoms with van der Waals surface area (Å²) in [6.45, 7) is 8.42. The summed E-state index contributed by atoms with van der Waals surface area (Å²) in [4.78, 5) is 2.41. The highest BCUT2D eigenvalue weighted by atomic mass is 16.5. The number of aryl methyl sites for hydroxylation is 2. The van der Waals surface area contributed by atoms with Crippen molar-refractivity contribution in [2.24, 2.45) is 5.92 Å².